The standard InChI is InChI=1S/C15H21N3O2/c1-3-10(16)9-18-12-8-14-13(19-5-6-20-14)7-11(12)17-15(18)4-2/h7-8,10H,3-6,9,16H2,1-2H3. The smallest absolute Gasteiger partial charge is 0.163 e. The van der Waals surface area contributed by atoms with Gasteiger partial charge in [0, 0.05) is 31.1 Å². The molecule has 20 heavy (non-hydrogen) atoms. The summed E-state index contributed by atoms with van der Waals surface area (Å²) in [6.45, 7) is 6.20. The van der Waals surface area contributed by atoms with Crippen LogP contribution in [-0.2, 0) is 13.0 Å². The number of ether oxygens (including phenoxy) is 2. The van der Waals surface area contributed by atoms with Gasteiger partial charge in [0.2, 0.25) is 0 Å². The molecule has 108 valence electrons. The monoisotopic (exact) mass is 275 g/mol. The molecule has 0 aliphatic carbocycles. The molecular weight excluding hydrogens is 254 g/mol. The lowest BCUT2D eigenvalue weighted by molar-refractivity contribution is 0.172. The molecule has 5 nitrogen and oxygen atoms in total. The molecule has 0 amide bonds. The predicted molar refractivity (Wildman–Crippen MR) is 78.4 cm³/mol. The summed E-state index contributed by atoms with van der Waals surface area (Å²) in [5.74, 6) is 2.65. The summed E-state index contributed by atoms with van der Waals surface area (Å²) in [5, 5.41) is 0. The molecule has 0 fully saturated rings. The van der Waals surface area contributed by atoms with Crippen molar-refractivity contribution in [3.8, 4) is 11.5 Å². The van der Waals surface area contributed by atoms with Crippen LogP contribution in [0.4, 0.5) is 0 Å². The lowest BCUT2D eigenvalue weighted by atomic mass is 10.2. The molecule has 5 heteroatoms. The Hall–Kier alpha value is -1.75. The lowest BCUT2D eigenvalue weighted by Gasteiger charge is -2.19. The van der Waals surface area contributed by atoms with Crippen molar-refractivity contribution in [2.75, 3.05) is 13.2 Å². The maximum absolute atomic E-state index is 6.11. The van der Waals surface area contributed by atoms with Crippen LogP contribution in [0.3, 0.4) is 0 Å². The Bertz CT molecular complexity index is 621. The minimum Gasteiger partial charge on any atom is -0.486 e. The molecule has 1 unspecified atom stereocenters. The Labute approximate surface area is 118 Å². The Morgan fingerprint density at radius 3 is 2.60 bits per heavy atom. The number of aromatic nitrogens is 2. The number of nitrogens with two attached hydrogens (primary N) is 1. The molecule has 0 radical (unpaired) electrons. The van der Waals surface area contributed by atoms with Crippen LogP contribution in [0.15, 0.2) is 12.1 Å². The van der Waals surface area contributed by atoms with Gasteiger partial charge in [-0.1, -0.05) is 13.8 Å². The zero-order valence-corrected chi connectivity index (χ0v) is 12.1. The van der Waals surface area contributed by atoms with Gasteiger partial charge in [0.05, 0.1) is 11.0 Å². The summed E-state index contributed by atoms with van der Waals surface area (Å²) in [4.78, 5) is 4.70. The van der Waals surface area contributed by atoms with Gasteiger partial charge in [-0.15, -0.1) is 0 Å². The maximum atomic E-state index is 6.11. The highest BCUT2D eigenvalue weighted by atomic mass is 16.6. The molecule has 2 aromatic rings. The third kappa shape index (κ3) is 2.22. The predicted octanol–water partition coefficient (Wildman–Crippen LogP) is 2.11. The quantitative estimate of drug-likeness (QED) is 0.928. The molecule has 0 saturated heterocycles. The van der Waals surface area contributed by atoms with Crippen LogP contribution in [0.5, 0.6) is 11.5 Å². The first kappa shape index (κ1) is 13.2. The van der Waals surface area contributed by atoms with Crippen molar-refractivity contribution < 1.29 is 9.47 Å². The minimum absolute atomic E-state index is 0.144. The highest BCUT2D eigenvalue weighted by Gasteiger charge is 2.18. The first-order chi connectivity index (χ1) is 9.72. The van der Waals surface area contributed by atoms with Gasteiger partial charge in [0.1, 0.15) is 19.0 Å². The fraction of sp³-hybridized carbons (Fsp3) is 0.533. The summed E-state index contributed by atoms with van der Waals surface area (Å²) >= 11 is 0. The number of rotatable bonds is 4. The normalized spacial score (nSPS) is 15.6. The van der Waals surface area contributed by atoms with E-state index in [0.29, 0.717) is 13.2 Å². The molecule has 2 N–H and O–H groups in total. The number of hydrogen-bond donors (Lipinski definition) is 1. The second-order valence-electron chi connectivity index (χ2n) is 5.15. The molecule has 1 atom stereocenters. The van der Waals surface area contributed by atoms with Gasteiger partial charge < -0.3 is 19.8 Å². The average molecular weight is 275 g/mol. The van der Waals surface area contributed by atoms with Crippen molar-refractivity contribution in [2.24, 2.45) is 5.73 Å². The van der Waals surface area contributed by atoms with E-state index in [9.17, 15) is 0 Å². The topological polar surface area (TPSA) is 62.3 Å². The van der Waals surface area contributed by atoms with Gasteiger partial charge in [-0.3, -0.25) is 0 Å². The van der Waals surface area contributed by atoms with E-state index in [-0.39, 0.29) is 6.04 Å². The number of fused-ring (bicyclic) bond motifs is 2. The molecular formula is C15H21N3O2. The van der Waals surface area contributed by atoms with Crippen LogP contribution in [-0.4, -0.2) is 28.8 Å². The first-order valence-corrected chi connectivity index (χ1v) is 7.27. The van der Waals surface area contributed by atoms with Crippen molar-refractivity contribution in [1.82, 2.24) is 9.55 Å². The lowest BCUT2D eigenvalue weighted by Crippen LogP contribution is -2.26. The van der Waals surface area contributed by atoms with E-state index < -0.39 is 0 Å². The van der Waals surface area contributed by atoms with Gasteiger partial charge in [-0.25, -0.2) is 4.98 Å². The number of nitrogens with zero attached hydrogens (tertiary/aromatic N) is 2. The summed E-state index contributed by atoms with van der Waals surface area (Å²) in [5.41, 5.74) is 8.14. The van der Waals surface area contributed by atoms with Gasteiger partial charge in [0.25, 0.3) is 0 Å². The Balaban J connectivity index is 2.11. The van der Waals surface area contributed by atoms with Crippen LogP contribution in [0.25, 0.3) is 11.0 Å². The summed E-state index contributed by atoms with van der Waals surface area (Å²) in [7, 11) is 0. The molecule has 1 aromatic carbocycles. The fourth-order valence-electron chi connectivity index (χ4n) is 2.55. The van der Waals surface area contributed by atoms with Crippen LogP contribution in [0.1, 0.15) is 26.1 Å². The van der Waals surface area contributed by atoms with Crippen molar-refractivity contribution in [3.05, 3.63) is 18.0 Å². The number of aryl methyl sites for hydroxylation is 1. The minimum atomic E-state index is 0.144. The van der Waals surface area contributed by atoms with Crippen molar-refractivity contribution in [3.63, 3.8) is 0 Å². The molecule has 0 saturated carbocycles. The number of benzene rings is 1. The van der Waals surface area contributed by atoms with Crippen molar-refractivity contribution in [1.29, 1.82) is 0 Å². The van der Waals surface area contributed by atoms with E-state index in [0.717, 1.165) is 47.7 Å². The zero-order valence-electron chi connectivity index (χ0n) is 12.1. The fourth-order valence-corrected chi connectivity index (χ4v) is 2.55. The highest BCUT2D eigenvalue weighted by molar-refractivity contribution is 5.80. The molecule has 1 aliphatic heterocycles. The van der Waals surface area contributed by atoms with Crippen molar-refractivity contribution in [2.45, 2.75) is 39.3 Å². The van der Waals surface area contributed by atoms with Gasteiger partial charge in [-0.05, 0) is 6.42 Å². The van der Waals surface area contributed by atoms with Crippen LogP contribution >= 0.6 is 0 Å². The molecule has 0 spiro atoms. The van der Waals surface area contributed by atoms with Crippen LogP contribution in [0, 0.1) is 0 Å². The molecule has 3 rings (SSSR count). The van der Waals surface area contributed by atoms with Crippen LogP contribution < -0.4 is 15.2 Å². The largest absolute Gasteiger partial charge is 0.486 e. The second kappa shape index (κ2) is 5.32. The SMILES string of the molecule is CCc1nc2cc3c(cc2n1CC(N)CC)OCCO3. The maximum Gasteiger partial charge on any atom is 0.163 e. The highest BCUT2D eigenvalue weighted by Crippen LogP contribution is 2.34. The van der Waals surface area contributed by atoms with E-state index in [1.54, 1.807) is 0 Å². The van der Waals surface area contributed by atoms with Crippen LogP contribution in [0.2, 0.25) is 0 Å². The molecule has 2 heterocycles. The van der Waals surface area contributed by atoms with E-state index in [1.165, 1.54) is 0 Å². The van der Waals surface area contributed by atoms with Gasteiger partial charge in [-0.2, -0.15) is 0 Å². The Kier molecular flexibility index (Phi) is 3.53. The number of imidazole rings is 1. The van der Waals surface area contributed by atoms with Gasteiger partial charge >= 0.3 is 0 Å². The molecule has 1 aromatic heterocycles. The van der Waals surface area contributed by atoms with E-state index in [1.807, 2.05) is 12.1 Å². The van der Waals surface area contributed by atoms with E-state index >= 15 is 0 Å². The first-order valence-electron chi connectivity index (χ1n) is 7.27. The zero-order chi connectivity index (χ0) is 14.1. The third-order valence-corrected chi connectivity index (χ3v) is 3.75. The third-order valence-electron chi connectivity index (χ3n) is 3.75. The summed E-state index contributed by atoms with van der Waals surface area (Å²) in [6, 6.07) is 4.14. The summed E-state index contributed by atoms with van der Waals surface area (Å²) in [6.07, 6.45) is 1.84. The second-order valence-corrected chi connectivity index (χ2v) is 5.15. The van der Waals surface area contributed by atoms with Gasteiger partial charge in [0.15, 0.2) is 11.5 Å². The average Bonchev–Trinajstić information content (AvgIpc) is 2.81. The molecule has 1 aliphatic rings. The van der Waals surface area contributed by atoms with Crippen molar-refractivity contribution >= 4 is 11.0 Å². The number of hydrogen-bond acceptors (Lipinski definition) is 4. The Morgan fingerprint density at radius 1 is 1.25 bits per heavy atom. The molecule has 0 bridgehead atoms. The van der Waals surface area contributed by atoms with E-state index in [2.05, 4.69) is 18.4 Å². The Morgan fingerprint density at radius 2 is 1.95 bits per heavy atom. The van der Waals surface area contributed by atoms with E-state index in [4.69, 9.17) is 20.2 Å². The summed E-state index contributed by atoms with van der Waals surface area (Å²) < 4.78 is 13.5.